The molecule has 1 rings (SSSR count). The Morgan fingerprint density at radius 1 is 1.50 bits per heavy atom. The van der Waals surface area contributed by atoms with Gasteiger partial charge >= 0.3 is 0 Å². The van der Waals surface area contributed by atoms with E-state index in [9.17, 15) is 0 Å². The second-order valence-corrected chi connectivity index (χ2v) is 5.46. The smallest absolute Gasteiger partial charge is 0.00223 e. The molecule has 0 bridgehead atoms. The minimum atomic E-state index is 0.902. The molecule has 0 spiro atoms. The molecule has 1 N–H and O–H groups in total. The predicted octanol–water partition coefficient (Wildman–Crippen LogP) is 1.67. The fourth-order valence-corrected chi connectivity index (χ4v) is 2.73. The van der Waals surface area contributed by atoms with E-state index in [0.717, 1.165) is 5.92 Å². The number of thioether (sulfide) groups is 1. The maximum Gasteiger partial charge on any atom is 0.00223 e. The molecule has 1 unspecified atom stereocenters. The minimum absolute atomic E-state index is 0.902. The quantitative estimate of drug-likeness (QED) is 0.652. The number of rotatable bonds is 7. The first-order chi connectivity index (χ1) is 6.86. The van der Waals surface area contributed by atoms with Crippen molar-refractivity contribution in [3.05, 3.63) is 0 Å². The highest BCUT2D eigenvalue weighted by molar-refractivity contribution is 7.99. The average molecular weight is 216 g/mol. The highest BCUT2D eigenvalue weighted by Gasteiger charge is 2.20. The van der Waals surface area contributed by atoms with E-state index in [1.807, 2.05) is 0 Å². The van der Waals surface area contributed by atoms with E-state index in [0.29, 0.717) is 0 Å². The van der Waals surface area contributed by atoms with Gasteiger partial charge in [-0.1, -0.05) is 6.92 Å². The molecule has 1 aliphatic heterocycles. The molecule has 0 aromatic carbocycles. The van der Waals surface area contributed by atoms with Crippen molar-refractivity contribution >= 4 is 11.8 Å². The Morgan fingerprint density at radius 2 is 2.36 bits per heavy atom. The number of nitrogens with zero attached hydrogens (tertiary/aromatic N) is 1. The van der Waals surface area contributed by atoms with Gasteiger partial charge in [-0.15, -0.1) is 0 Å². The third-order valence-electron chi connectivity index (χ3n) is 2.83. The minimum Gasteiger partial charge on any atom is -0.319 e. The molecule has 1 aliphatic rings. The topological polar surface area (TPSA) is 15.3 Å². The standard InChI is InChI=1S/C11H24N2S/c1-3-14-8-4-6-13-7-5-11(10-13)9-12-2/h11-12H,3-10H2,1-2H3. The van der Waals surface area contributed by atoms with E-state index < -0.39 is 0 Å². The molecule has 0 aromatic rings. The lowest BCUT2D eigenvalue weighted by atomic mass is 10.1. The van der Waals surface area contributed by atoms with Gasteiger partial charge in [0.1, 0.15) is 0 Å². The Balaban J connectivity index is 1.98. The average Bonchev–Trinajstić information content (AvgIpc) is 2.61. The van der Waals surface area contributed by atoms with Gasteiger partial charge in [0.15, 0.2) is 0 Å². The van der Waals surface area contributed by atoms with Crippen LogP contribution in [-0.4, -0.2) is 49.6 Å². The number of hydrogen-bond donors (Lipinski definition) is 1. The summed E-state index contributed by atoms with van der Waals surface area (Å²) in [6, 6.07) is 0. The van der Waals surface area contributed by atoms with Crippen molar-refractivity contribution in [2.45, 2.75) is 19.8 Å². The van der Waals surface area contributed by atoms with Crippen LogP contribution in [0.4, 0.5) is 0 Å². The summed E-state index contributed by atoms with van der Waals surface area (Å²) in [4.78, 5) is 2.62. The molecule has 1 fully saturated rings. The summed E-state index contributed by atoms with van der Waals surface area (Å²) in [5.41, 5.74) is 0. The van der Waals surface area contributed by atoms with Crippen LogP contribution >= 0.6 is 11.8 Å². The van der Waals surface area contributed by atoms with Crippen LogP contribution in [0.2, 0.25) is 0 Å². The first kappa shape index (κ1) is 12.3. The van der Waals surface area contributed by atoms with Crippen LogP contribution in [0.1, 0.15) is 19.8 Å². The van der Waals surface area contributed by atoms with E-state index in [2.05, 4.69) is 35.9 Å². The van der Waals surface area contributed by atoms with E-state index in [1.54, 1.807) is 0 Å². The van der Waals surface area contributed by atoms with E-state index in [4.69, 9.17) is 0 Å². The molecule has 14 heavy (non-hydrogen) atoms. The Morgan fingerprint density at radius 3 is 3.07 bits per heavy atom. The fraction of sp³-hybridized carbons (Fsp3) is 1.00. The molecule has 1 saturated heterocycles. The molecule has 0 radical (unpaired) electrons. The van der Waals surface area contributed by atoms with Crippen LogP contribution in [0, 0.1) is 5.92 Å². The third kappa shape index (κ3) is 4.67. The van der Waals surface area contributed by atoms with Gasteiger partial charge in [0.05, 0.1) is 0 Å². The number of hydrogen-bond acceptors (Lipinski definition) is 3. The lowest BCUT2D eigenvalue weighted by Crippen LogP contribution is -2.25. The monoisotopic (exact) mass is 216 g/mol. The lowest BCUT2D eigenvalue weighted by Gasteiger charge is -2.15. The van der Waals surface area contributed by atoms with Gasteiger partial charge in [0.2, 0.25) is 0 Å². The van der Waals surface area contributed by atoms with Crippen molar-refractivity contribution in [1.82, 2.24) is 10.2 Å². The molecular formula is C11H24N2S. The lowest BCUT2D eigenvalue weighted by molar-refractivity contribution is 0.324. The SMILES string of the molecule is CCSCCCN1CCC(CNC)C1. The van der Waals surface area contributed by atoms with Gasteiger partial charge in [-0.05, 0) is 56.9 Å². The first-order valence-corrected chi connectivity index (χ1v) is 6.97. The Kier molecular flexibility index (Phi) is 6.65. The van der Waals surface area contributed by atoms with Crippen molar-refractivity contribution in [1.29, 1.82) is 0 Å². The van der Waals surface area contributed by atoms with Gasteiger partial charge < -0.3 is 10.2 Å². The van der Waals surface area contributed by atoms with Gasteiger partial charge in [0.25, 0.3) is 0 Å². The van der Waals surface area contributed by atoms with Crippen molar-refractivity contribution in [2.24, 2.45) is 5.92 Å². The summed E-state index contributed by atoms with van der Waals surface area (Å²) in [5, 5.41) is 3.28. The summed E-state index contributed by atoms with van der Waals surface area (Å²) in [5.74, 6) is 3.50. The zero-order valence-electron chi connectivity index (χ0n) is 9.59. The highest BCUT2D eigenvalue weighted by Crippen LogP contribution is 2.15. The van der Waals surface area contributed by atoms with Crippen LogP contribution in [0.15, 0.2) is 0 Å². The largest absolute Gasteiger partial charge is 0.319 e. The summed E-state index contributed by atoms with van der Waals surface area (Å²) in [6.07, 6.45) is 2.76. The predicted molar refractivity (Wildman–Crippen MR) is 66.1 cm³/mol. The normalized spacial score (nSPS) is 23.1. The van der Waals surface area contributed by atoms with Crippen LogP contribution in [0.3, 0.4) is 0 Å². The van der Waals surface area contributed by atoms with E-state index >= 15 is 0 Å². The highest BCUT2D eigenvalue weighted by atomic mass is 32.2. The zero-order valence-corrected chi connectivity index (χ0v) is 10.4. The molecular weight excluding hydrogens is 192 g/mol. The first-order valence-electron chi connectivity index (χ1n) is 5.81. The van der Waals surface area contributed by atoms with E-state index in [-0.39, 0.29) is 0 Å². The third-order valence-corrected chi connectivity index (χ3v) is 3.82. The summed E-state index contributed by atoms with van der Waals surface area (Å²) >= 11 is 2.06. The van der Waals surface area contributed by atoms with Crippen LogP contribution in [0.5, 0.6) is 0 Å². The van der Waals surface area contributed by atoms with Gasteiger partial charge in [0, 0.05) is 6.54 Å². The Bertz CT molecular complexity index is 141. The molecule has 0 aliphatic carbocycles. The van der Waals surface area contributed by atoms with Crippen LogP contribution in [-0.2, 0) is 0 Å². The molecule has 0 aromatic heterocycles. The molecule has 1 heterocycles. The maximum absolute atomic E-state index is 3.28. The van der Waals surface area contributed by atoms with Gasteiger partial charge in [-0.3, -0.25) is 0 Å². The maximum atomic E-state index is 3.28. The number of likely N-dealkylation sites (tertiary alicyclic amines) is 1. The zero-order chi connectivity index (χ0) is 10.2. The van der Waals surface area contributed by atoms with Gasteiger partial charge in [-0.25, -0.2) is 0 Å². The fourth-order valence-electron chi connectivity index (χ4n) is 2.11. The molecule has 3 heteroatoms. The molecule has 2 nitrogen and oxygen atoms in total. The second kappa shape index (κ2) is 7.55. The van der Waals surface area contributed by atoms with Crippen molar-refractivity contribution in [3.8, 4) is 0 Å². The molecule has 0 saturated carbocycles. The Labute approximate surface area is 92.8 Å². The summed E-state index contributed by atoms with van der Waals surface area (Å²) < 4.78 is 0. The summed E-state index contributed by atoms with van der Waals surface area (Å²) in [6.45, 7) is 7.39. The molecule has 1 atom stereocenters. The van der Waals surface area contributed by atoms with Crippen LogP contribution in [0.25, 0.3) is 0 Å². The second-order valence-electron chi connectivity index (χ2n) is 4.06. The van der Waals surface area contributed by atoms with Crippen molar-refractivity contribution < 1.29 is 0 Å². The van der Waals surface area contributed by atoms with E-state index in [1.165, 1.54) is 50.5 Å². The number of nitrogens with one attached hydrogen (secondary N) is 1. The van der Waals surface area contributed by atoms with Crippen LogP contribution < -0.4 is 5.32 Å². The summed E-state index contributed by atoms with van der Waals surface area (Å²) in [7, 11) is 2.06. The molecule has 0 amide bonds. The van der Waals surface area contributed by atoms with Crippen molar-refractivity contribution in [3.63, 3.8) is 0 Å². The Hall–Kier alpha value is 0.270. The molecule has 84 valence electrons. The van der Waals surface area contributed by atoms with Crippen molar-refractivity contribution in [2.75, 3.05) is 44.7 Å². The van der Waals surface area contributed by atoms with Gasteiger partial charge in [-0.2, -0.15) is 11.8 Å².